The third-order valence-corrected chi connectivity index (χ3v) is 2.83. The van der Waals surface area contributed by atoms with Crippen molar-refractivity contribution in [1.29, 1.82) is 5.26 Å². The van der Waals surface area contributed by atoms with Crippen LogP contribution in [-0.2, 0) is 20.1 Å². The van der Waals surface area contributed by atoms with Gasteiger partial charge in [0.15, 0.2) is 0 Å². The Balaban J connectivity index is 1.67. The van der Waals surface area contributed by atoms with Gasteiger partial charge in [0, 0.05) is 38.7 Å². The van der Waals surface area contributed by atoms with Gasteiger partial charge < -0.3 is 14.5 Å². The van der Waals surface area contributed by atoms with Gasteiger partial charge in [0.1, 0.15) is 11.8 Å². The maximum absolute atomic E-state index is 8.85. The molecule has 18 heavy (non-hydrogen) atoms. The third-order valence-electron chi connectivity index (χ3n) is 2.83. The van der Waals surface area contributed by atoms with E-state index in [0.29, 0.717) is 5.69 Å². The molecule has 2 rings (SSSR count). The second-order valence-electron chi connectivity index (χ2n) is 4.29. The first-order valence-electron chi connectivity index (χ1n) is 6.01. The normalized spacial score (nSPS) is 10.4. The van der Waals surface area contributed by atoms with E-state index in [1.165, 1.54) is 0 Å². The molecule has 0 saturated heterocycles. The lowest BCUT2D eigenvalue weighted by molar-refractivity contribution is 0.580. The van der Waals surface area contributed by atoms with Crippen molar-refractivity contribution in [1.82, 2.24) is 19.4 Å². The molecule has 0 spiro atoms. The molecule has 0 amide bonds. The summed E-state index contributed by atoms with van der Waals surface area (Å²) in [4.78, 5) is 4.00. The Morgan fingerprint density at radius 1 is 1.50 bits per heavy atom. The van der Waals surface area contributed by atoms with E-state index in [1.54, 1.807) is 6.20 Å². The number of rotatable bonds is 6. The van der Waals surface area contributed by atoms with Crippen LogP contribution < -0.4 is 5.32 Å². The van der Waals surface area contributed by atoms with Crippen LogP contribution in [0.15, 0.2) is 31.0 Å². The largest absolute Gasteiger partial charge is 0.342 e. The topological polar surface area (TPSA) is 58.6 Å². The van der Waals surface area contributed by atoms with Crippen molar-refractivity contribution in [3.05, 3.63) is 42.2 Å². The van der Waals surface area contributed by atoms with Crippen LogP contribution in [0.25, 0.3) is 0 Å². The van der Waals surface area contributed by atoms with Crippen LogP contribution in [0.5, 0.6) is 0 Å². The first-order valence-corrected chi connectivity index (χ1v) is 6.01. The Morgan fingerprint density at radius 3 is 3.06 bits per heavy atom. The van der Waals surface area contributed by atoms with E-state index >= 15 is 0 Å². The van der Waals surface area contributed by atoms with Crippen LogP contribution in [0.4, 0.5) is 0 Å². The minimum atomic E-state index is 0.699. The zero-order valence-electron chi connectivity index (χ0n) is 10.5. The molecule has 2 aromatic rings. The number of aryl methyl sites for hydroxylation is 2. The lowest BCUT2D eigenvalue weighted by atomic mass is 10.3. The molecule has 0 aliphatic rings. The maximum Gasteiger partial charge on any atom is 0.120 e. The van der Waals surface area contributed by atoms with Gasteiger partial charge in [-0.15, -0.1) is 0 Å². The number of hydrogen-bond donors (Lipinski definition) is 1. The van der Waals surface area contributed by atoms with Gasteiger partial charge in [-0.1, -0.05) is 0 Å². The highest BCUT2D eigenvalue weighted by molar-refractivity contribution is 5.28. The number of nitrogens with one attached hydrogen (secondary N) is 1. The number of hydrogen-bond acceptors (Lipinski definition) is 3. The van der Waals surface area contributed by atoms with E-state index < -0.39 is 0 Å². The Hall–Kier alpha value is -2.06. The standard InChI is InChI=1S/C13H17N5/c1-17-10-12(7-13(17)8-14)9-15-3-2-5-18-6-4-16-11-18/h4,6-7,10-11,15H,2-3,5,9H2,1H3. The van der Waals surface area contributed by atoms with Gasteiger partial charge in [-0.05, 0) is 24.6 Å². The summed E-state index contributed by atoms with van der Waals surface area (Å²) >= 11 is 0. The molecule has 2 aromatic heterocycles. The van der Waals surface area contributed by atoms with Crippen molar-refractivity contribution < 1.29 is 0 Å². The molecule has 1 N–H and O–H groups in total. The van der Waals surface area contributed by atoms with Crippen molar-refractivity contribution in [2.75, 3.05) is 6.54 Å². The van der Waals surface area contributed by atoms with E-state index in [0.717, 1.165) is 31.6 Å². The summed E-state index contributed by atoms with van der Waals surface area (Å²) in [7, 11) is 1.89. The molecule has 0 bridgehead atoms. The summed E-state index contributed by atoms with van der Waals surface area (Å²) in [5.74, 6) is 0. The molecule has 0 radical (unpaired) electrons. The van der Waals surface area contributed by atoms with Crippen molar-refractivity contribution in [2.45, 2.75) is 19.5 Å². The summed E-state index contributed by atoms with van der Waals surface area (Å²) in [6.07, 6.45) is 8.64. The number of aromatic nitrogens is 3. The molecule has 0 unspecified atom stereocenters. The van der Waals surface area contributed by atoms with E-state index in [-0.39, 0.29) is 0 Å². The zero-order chi connectivity index (χ0) is 12.8. The molecule has 0 aromatic carbocycles. The fraction of sp³-hybridized carbons (Fsp3) is 0.385. The second-order valence-corrected chi connectivity index (χ2v) is 4.29. The lowest BCUT2D eigenvalue weighted by Gasteiger charge is -2.03. The second kappa shape index (κ2) is 6.03. The summed E-state index contributed by atoms with van der Waals surface area (Å²) in [5, 5.41) is 12.2. The quantitative estimate of drug-likeness (QED) is 0.777. The molecule has 5 heteroatoms. The minimum Gasteiger partial charge on any atom is -0.342 e. The fourth-order valence-corrected chi connectivity index (χ4v) is 1.88. The average Bonchev–Trinajstić information content (AvgIpc) is 2.98. The van der Waals surface area contributed by atoms with Crippen molar-refractivity contribution in [3.63, 3.8) is 0 Å². The summed E-state index contributed by atoms with van der Waals surface area (Å²) in [5.41, 5.74) is 1.85. The molecule has 0 saturated carbocycles. The van der Waals surface area contributed by atoms with Gasteiger partial charge in [-0.25, -0.2) is 4.98 Å². The van der Waals surface area contributed by atoms with Crippen LogP contribution >= 0.6 is 0 Å². The monoisotopic (exact) mass is 243 g/mol. The average molecular weight is 243 g/mol. The highest BCUT2D eigenvalue weighted by atomic mass is 15.0. The summed E-state index contributed by atoms with van der Waals surface area (Å²) in [6, 6.07) is 4.08. The fourth-order valence-electron chi connectivity index (χ4n) is 1.88. The molecule has 5 nitrogen and oxygen atoms in total. The van der Waals surface area contributed by atoms with E-state index in [2.05, 4.69) is 20.9 Å². The van der Waals surface area contributed by atoms with E-state index in [4.69, 9.17) is 5.26 Å². The van der Waals surface area contributed by atoms with Gasteiger partial charge >= 0.3 is 0 Å². The number of nitriles is 1. The van der Waals surface area contributed by atoms with Gasteiger partial charge in [-0.3, -0.25) is 0 Å². The lowest BCUT2D eigenvalue weighted by Crippen LogP contribution is -2.15. The van der Waals surface area contributed by atoms with Gasteiger partial charge in [0.05, 0.1) is 6.33 Å². The van der Waals surface area contributed by atoms with Gasteiger partial charge in [-0.2, -0.15) is 5.26 Å². The molecule has 94 valence electrons. The molecule has 2 heterocycles. The predicted octanol–water partition coefficient (Wildman–Crippen LogP) is 1.27. The Labute approximate surface area is 107 Å². The number of imidazole rings is 1. The van der Waals surface area contributed by atoms with E-state index in [9.17, 15) is 0 Å². The van der Waals surface area contributed by atoms with Gasteiger partial charge in [0.25, 0.3) is 0 Å². The highest BCUT2D eigenvalue weighted by Gasteiger charge is 2.01. The van der Waals surface area contributed by atoms with Gasteiger partial charge in [0.2, 0.25) is 0 Å². The smallest absolute Gasteiger partial charge is 0.120 e. The third kappa shape index (κ3) is 3.22. The molecule has 0 atom stereocenters. The minimum absolute atomic E-state index is 0.699. The first-order chi connectivity index (χ1) is 8.79. The van der Waals surface area contributed by atoms with Crippen LogP contribution in [-0.4, -0.2) is 20.7 Å². The molecular weight excluding hydrogens is 226 g/mol. The van der Waals surface area contributed by atoms with Crippen molar-refractivity contribution >= 4 is 0 Å². The molecule has 0 fully saturated rings. The predicted molar refractivity (Wildman–Crippen MR) is 68.7 cm³/mol. The Bertz CT molecular complexity index is 518. The van der Waals surface area contributed by atoms with Crippen molar-refractivity contribution in [2.24, 2.45) is 7.05 Å². The van der Waals surface area contributed by atoms with E-state index in [1.807, 2.05) is 36.4 Å². The SMILES string of the molecule is Cn1cc(CNCCCn2ccnc2)cc1C#N. The molecule has 0 aliphatic heterocycles. The highest BCUT2D eigenvalue weighted by Crippen LogP contribution is 2.05. The summed E-state index contributed by atoms with van der Waals surface area (Å²) in [6.45, 7) is 2.74. The Kier molecular flexibility index (Phi) is 4.15. The Morgan fingerprint density at radius 2 is 2.39 bits per heavy atom. The van der Waals surface area contributed by atoms with Crippen LogP contribution in [0.1, 0.15) is 17.7 Å². The van der Waals surface area contributed by atoms with Crippen LogP contribution in [0, 0.1) is 11.3 Å². The number of nitrogens with zero attached hydrogens (tertiary/aromatic N) is 4. The van der Waals surface area contributed by atoms with Crippen LogP contribution in [0.3, 0.4) is 0 Å². The zero-order valence-corrected chi connectivity index (χ0v) is 10.5. The summed E-state index contributed by atoms with van der Waals surface area (Å²) < 4.78 is 3.92. The first kappa shape index (κ1) is 12.4. The maximum atomic E-state index is 8.85. The molecular formula is C13H17N5. The molecule has 0 aliphatic carbocycles. The van der Waals surface area contributed by atoms with Crippen LogP contribution in [0.2, 0.25) is 0 Å². The van der Waals surface area contributed by atoms with Crippen molar-refractivity contribution in [3.8, 4) is 6.07 Å².